The van der Waals surface area contributed by atoms with Crippen molar-refractivity contribution in [3.8, 4) is 0 Å². The number of carbonyl (C=O) groups excluding carboxylic acids is 1. The second-order valence-corrected chi connectivity index (χ2v) is 8.13. The van der Waals surface area contributed by atoms with Crippen molar-refractivity contribution in [2.45, 2.75) is 6.54 Å². The number of nitrogens with zero attached hydrogens (tertiary/aromatic N) is 5. The van der Waals surface area contributed by atoms with Gasteiger partial charge in [0.2, 0.25) is 5.91 Å². The number of rotatable bonds is 3. The molecule has 3 aromatic heterocycles. The zero-order chi connectivity index (χ0) is 20.7. The van der Waals surface area contributed by atoms with Gasteiger partial charge in [-0.3, -0.25) is 14.2 Å². The third-order valence-electron chi connectivity index (χ3n) is 5.35. The van der Waals surface area contributed by atoms with E-state index in [1.165, 1.54) is 28.3 Å². The van der Waals surface area contributed by atoms with Crippen LogP contribution < -0.4 is 10.5 Å². The van der Waals surface area contributed by atoms with E-state index in [1.807, 2.05) is 17.0 Å². The summed E-state index contributed by atoms with van der Waals surface area (Å²) in [6.07, 6.45) is 3.11. The molecule has 5 rings (SSSR count). The van der Waals surface area contributed by atoms with E-state index >= 15 is 0 Å². The van der Waals surface area contributed by atoms with Crippen LogP contribution in [0.15, 0.2) is 53.7 Å². The Bertz CT molecular complexity index is 1310. The molecule has 4 heterocycles. The third kappa shape index (κ3) is 3.21. The predicted octanol–water partition coefficient (Wildman–Crippen LogP) is 2.49. The Kier molecular flexibility index (Phi) is 4.66. The van der Waals surface area contributed by atoms with Crippen LogP contribution in [0, 0.1) is 5.82 Å². The van der Waals surface area contributed by atoms with Gasteiger partial charge in [0.1, 0.15) is 21.9 Å². The first-order valence-corrected chi connectivity index (χ1v) is 10.4. The fraction of sp³-hybridized carbons (Fsp3) is 0.238. The highest BCUT2D eigenvalue weighted by Gasteiger charge is 2.23. The first kappa shape index (κ1) is 18.7. The first-order valence-electron chi connectivity index (χ1n) is 9.62. The van der Waals surface area contributed by atoms with Crippen LogP contribution in [-0.4, -0.2) is 51.5 Å². The number of fused-ring (bicyclic) bond motifs is 3. The number of benzene rings is 1. The van der Waals surface area contributed by atoms with Crippen LogP contribution in [0.3, 0.4) is 0 Å². The molecule has 0 aliphatic carbocycles. The molecule has 1 saturated heterocycles. The van der Waals surface area contributed by atoms with Gasteiger partial charge in [-0.25, -0.2) is 14.4 Å². The Balaban J connectivity index is 1.32. The number of hydrogen-bond acceptors (Lipinski definition) is 6. The van der Waals surface area contributed by atoms with Gasteiger partial charge >= 0.3 is 0 Å². The lowest BCUT2D eigenvalue weighted by Gasteiger charge is -2.36. The predicted molar refractivity (Wildman–Crippen MR) is 114 cm³/mol. The number of hydrogen-bond donors (Lipinski definition) is 0. The van der Waals surface area contributed by atoms with Crippen LogP contribution >= 0.6 is 11.3 Å². The number of para-hydroxylation sites is 1. The highest BCUT2D eigenvalue weighted by Crippen LogP contribution is 2.28. The Morgan fingerprint density at radius 1 is 1.07 bits per heavy atom. The van der Waals surface area contributed by atoms with E-state index in [-0.39, 0.29) is 23.8 Å². The SMILES string of the molecule is O=C(Cn1cnc2c(sc3ncccc32)c1=O)N1CCN(c2ccccc2F)CC1. The van der Waals surface area contributed by atoms with E-state index in [2.05, 4.69) is 9.97 Å². The summed E-state index contributed by atoms with van der Waals surface area (Å²) in [5, 5.41) is 0.845. The van der Waals surface area contributed by atoms with Crippen LogP contribution in [0.5, 0.6) is 0 Å². The van der Waals surface area contributed by atoms with Crippen LogP contribution in [0.2, 0.25) is 0 Å². The van der Waals surface area contributed by atoms with Crippen molar-refractivity contribution in [3.63, 3.8) is 0 Å². The molecular formula is C21H18FN5O2S. The molecule has 7 nitrogen and oxygen atoms in total. The molecule has 0 spiro atoms. The van der Waals surface area contributed by atoms with E-state index in [0.717, 1.165) is 10.2 Å². The lowest BCUT2D eigenvalue weighted by molar-refractivity contribution is -0.132. The number of anilines is 1. The number of carbonyl (C=O) groups is 1. The molecule has 0 saturated carbocycles. The standard InChI is InChI=1S/C21H18FN5O2S/c22-15-5-1-2-6-16(15)25-8-10-26(11-9-25)17(28)12-27-13-24-18-14-4-3-7-23-20(14)30-19(18)21(27)29/h1-7,13H,8-12H2. The van der Waals surface area contributed by atoms with Crippen LogP contribution in [0.1, 0.15) is 0 Å². The maximum Gasteiger partial charge on any atom is 0.271 e. The highest BCUT2D eigenvalue weighted by atomic mass is 32.1. The molecule has 0 N–H and O–H groups in total. The summed E-state index contributed by atoms with van der Waals surface area (Å²) in [5.74, 6) is -0.410. The van der Waals surface area contributed by atoms with Crippen molar-refractivity contribution in [2.24, 2.45) is 0 Å². The molecule has 1 fully saturated rings. The van der Waals surface area contributed by atoms with E-state index < -0.39 is 0 Å². The Labute approximate surface area is 175 Å². The van der Waals surface area contributed by atoms with Gasteiger partial charge in [0.25, 0.3) is 5.56 Å². The zero-order valence-electron chi connectivity index (χ0n) is 16.0. The third-order valence-corrected chi connectivity index (χ3v) is 6.44. The molecule has 0 radical (unpaired) electrons. The topological polar surface area (TPSA) is 71.3 Å². The van der Waals surface area contributed by atoms with Gasteiger partial charge in [-0.15, -0.1) is 11.3 Å². The largest absolute Gasteiger partial charge is 0.366 e. The van der Waals surface area contributed by atoms with Gasteiger partial charge < -0.3 is 9.80 Å². The highest BCUT2D eigenvalue weighted by molar-refractivity contribution is 7.25. The van der Waals surface area contributed by atoms with Gasteiger partial charge in [-0.05, 0) is 24.3 Å². The number of aromatic nitrogens is 3. The maximum atomic E-state index is 14.0. The molecule has 0 unspecified atom stereocenters. The van der Waals surface area contributed by atoms with Gasteiger partial charge in [0, 0.05) is 37.8 Å². The molecule has 152 valence electrons. The average molecular weight is 423 g/mol. The first-order chi connectivity index (χ1) is 14.6. The second kappa shape index (κ2) is 7.49. The minimum Gasteiger partial charge on any atom is -0.366 e. The Morgan fingerprint density at radius 2 is 1.87 bits per heavy atom. The fourth-order valence-corrected chi connectivity index (χ4v) is 4.81. The summed E-state index contributed by atoms with van der Waals surface area (Å²) in [6.45, 7) is 1.97. The molecule has 4 aromatic rings. The number of piperazine rings is 1. The van der Waals surface area contributed by atoms with E-state index in [9.17, 15) is 14.0 Å². The fourth-order valence-electron chi connectivity index (χ4n) is 3.77. The van der Waals surface area contributed by atoms with Crippen molar-refractivity contribution in [3.05, 3.63) is 65.1 Å². The zero-order valence-corrected chi connectivity index (χ0v) is 16.8. The molecule has 1 amide bonds. The lowest BCUT2D eigenvalue weighted by atomic mass is 10.2. The van der Waals surface area contributed by atoms with Crippen molar-refractivity contribution in [2.75, 3.05) is 31.1 Å². The van der Waals surface area contributed by atoms with Crippen molar-refractivity contribution < 1.29 is 9.18 Å². The summed E-state index contributed by atoms with van der Waals surface area (Å²) in [7, 11) is 0. The lowest BCUT2D eigenvalue weighted by Crippen LogP contribution is -2.50. The molecule has 9 heteroatoms. The molecular weight excluding hydrogens is 405 g/mol. The van der Waals surface area contributed by atoms with Crippen LogP contribution in [0.4, 0.5) is 10.1 Å². The molecule has 1 aromatic carbocycles. The molecule has 0 bridgehead atoms. The Morgan fingerprint density at radius 3 is 2.67 bits per heavy atom. The summed E-state index contributed by atoms with van der Waals surface area (Å²) >= 11 is 1.29. The summed E-state index contributed by atoms with van der Waals surface area (Å²) < 4.78 is 15.8. The molecule has 0 atom stereocenters. The van der Waals surface area contributed by atoms with Crippen LogP contribution in [0.25, 0.3) is 20.4 Å². The second-order valence-electron chi connectivity index (χ2n) is 7.13. The number of halogens is 1. The quantitative estimate of drug-likeness (QED) is 0.506. The Hall–Kier alpha value is -3.33. The number of amides is 1. The maximum absolute atomic E-state index is 14.0. The van der Waals surface area contributed by atoms with Gasteiger partial charge in [0.05, 0.1) is 17.5 Å². The van der Waals surface area contributed by atoms with E-state index in [1.54, 1.807) is 29.3 Å². The average Bonchev–Trinajstić information content (AvgIpc) is 3.16. The summed E-state index contributed by atoms with van der Waals surface area (Å²) in [5.41, 5.74) is 0.936. The summed E-state index contributed by atoms with van der Waals surface area (Å²) in [4.78, 5) is 38.7. The minimum absolute atomic E-state index is 0.0663. The molecule has 1 aliphatic rings. The normalized spacial score (nSPS) is 14.6. The number of pyridine rings is 1. The van der Waals surface area contributed by atoms with E-state index in [0.29, 0.717) is 42.1 Å². The van der Waals surface area contributed by atoms with Crippen molar-refractivity contribution >= 4 is 43.4 Å². The van der Waals surface area contributed by atoms with Crippen LogP contribution in [-0.2, 0) is 11.3 Å². The monoisotopic (exact) mass is 423 g/mol. The van der Waals surface area contributed by atoms with Gasteiger partial charge in [0.15, 0.2) is 0 Å². The van der Waals surface area contributed by atoms with Gasteiger partial charge in [-0.2, -0.15) is 0 Å². The smallest absolute Gasteiger partial charge is 0.271 e. The van der Waals surface area contributed by atoms with Crippen molar-refractivity contribution in [1.29, 1.82) is 0 Å². The molecule has 30 heavy (non-hydrogen) atoms. The van der Waals surface area contributed by atoms with Gasteiger partial charge in [-0.1, -0.05) is 12.1 Å². The van der Waals surface area contributed by atoms with E-state index in [4.69, 9.17) is 0 Å². The minimum atomic E-state index is -0.263. The van der Waals surface area contributed by atoms with Crippen molar-refractivity contribution in [1.82, 2.24) is 19.4 Å². The molecule has 1 aliphatic heterocycles. The summed E-state index contributed by atoms with van der Waals surface area (Å²) in [6, 6.07) is 10.3. The number of thiophene rings is 1.